The summed E-state index contributed by atoms with van der Waals surface area (Å²) >= 11 is 0. The maximum absolute atomic E-state index is 11.1. The number of nitrogens with zero attached hydrogens (tertiary/aromatic N) is 1. The Balaban J connectivity index is 2.01. The van der Waals surface area contributed by atoms with Gasteiger partial charge in [0.25, 0.3) is 5.56 Å². The number of hydrogen-bond acceptors (Lipinski definition) is 4. The highest BCUT2D eigenvalue weighted by Gasteiger charge is 2.15. The van der Waals surface area contributed by atoms with E-state index in [4.69, 9.17) is 4.74 Å². The van der Waals surface area contributed by atoms with Crippen LogP contribution in [0.2, 0.25) is 0 Å². The SMILES string of the molecule is O=c1cnc2cc(C3CNCCO3)ccc2[nH]1. The molecule has 1 aromatic carbocycles. The van der Waals surface area contributed by atoms with Crippen LogP contribution in [0.5, 0.6) is 0 Å². The second kappa shape index (κ2) is 4.27. The lowest BCUT2D eigenvalue weighted by atomic mass is 10.1. The van der Waals surface area contributed by atoms with Gasteiger partial charge in [0.15, 0.2) is 0 Å². The molecule has 1 unspecified atom stereocenters. The van der Waals surface area contributed by atoms with Gasteiger partial charge < -0.3 is 15.0 Å². The van der Waals surface area contributed by atoms with E-state index in [2.05, 4.69) is 15.3 Å². The van der Waals surface area contributed by atoms with Gasteiger partial charge >= 0.3 is 0 Å². The molecule has 17 heavy (non-hydrogen) atoms. The predicted octanol–water partition coefficient (Wildman–Crippen LogP) is 0.584. The van der Waals surface area contributed by atoms with Gasteiger partial charge in [0.1, 0.15) is 0 Å². The highest BCUT2D eigenvalue weighted by Crippen LogP contribution is 2.21. The van der Waals surface area contributed by atoms with Crippen LogP contribution in [0.1, 0.15) is 11.7 Å². The number of H-pyrrole nitrogens is 1. The van der Waals surface area contributed by atoms with Crippen molar-refractivity contribution < 1.29 is 4.74 Å². The molecule has 3 rings (SSSR count). The Morgan fingerprint density at radius 1 is 1.41 bits per heavy atom. The van der Waals surface area contributed by atoms with Gasteiger partial charge in [-0.25, -0.2) is 4.98 Å². The maximum atomic E-state index is 11.1. The van der Waals surface area contributed by atoms with Crippen molar-refractivity contribution in [2.24, 2.45) is 0 Å². The van der Waals surface area contributed by atoms with Crippen LogP contribution in [0.15, 0.2) is 29.2 Å². The zero-order chi connectivity index (χ0) is 11.7. The van der Waals surface area contributed by atoms with Crippen LogP contribution in [0.3, 0.4) is 0 Å². The second-order valence-electron chi connectivity index (χ2n) is 4.09. The summed E-state index contributed by atoms with van der Waals surface area (Å²) < 4.78 is 5.67. The van der Waals surface area contributed by atoms with Gasteiger partial charge in [-0.1, -0.05) is 6.07 Å². The number of rotatable bonds is 1. The Hall–Kier alpha value is -1.72. The van der Waals surface area contributed by atoms with Crippen LogP contribution in [0, 0.1) is 0 Å². The minimum Gasteiger partial charge on any atom is -0.371 e. The lowest BCUT2D eigenvalue weighted by molar-refractivity contribution is 0.0278. The van der Waals surface area contributed by atoms with E-state index in [1.807, 2.05) is 18.2 Å². The van der Waals surface area contributed by atoms with Crippen LogP contribution in [0.25, 0.3) is 11.0 Å². The van der Waals surface area contributed by atoms with Crippen molar-refractivity contribution in [1.82, 2.24) is 15.3 Å². The highest BCUT2D eigenvalue weighted by molar-refractivity contribution is 5.74. The summed E-state index contributed by atoms with van der Waals surface area (Å²) in [7, 11) is 0. The molecule has 0 bridgehead atoms. The predicted molar refractivity (Wildman–Crippen MR) is 63.9 cm³/mol. The van der Waals surface area contributed by atoms with Crippen LogP contribution < -0.4 is 10.9 Å². The average Bonchev–Trinajstić information content (AvgIpc) is 2.39. The minimum atomic E-state index is -0.180. The van der Waals surface area contributed by atoms with Crippen LogP contribution in [-0.4, -0.2) is 29.7 Å². The summed E-state index contributed by atoms with van der Waals surface area (Å²) in [6.45, 7) is 2.44. The highest BCUT2D eigenvalue weighted by atomic mass is 16.5. The number of nitrogens with one attached hydrogen (secondary N) is 2. The Labute approximate surface area is 97.8 Å². The molecule has 5 heteroatoms. The third-order valence-electron chi connectivity index (χ3n) is 2.90. The number of aromatic amines is 1. The molecular weight excluding hydrogens is 218 g/mol. The first-order chi connectivity index (χ1) is 8.33. The maximum Gasteiger partial charge on any atom is 0.266 e. The number of ether oxygens (including phenoxy) is 1. The molecule has 1 aliphatic heterocycles. The van der Waals surface area contributed by atoms with Gasteiger partial charge in [0.05, 0.1) is 29.9 Å². The first-order valence-corrected chi connectivity index (χ1v) is 5.64. The fraction of sp³-hybridized carbons (Fsp3) is 0.333. The molecule has 2 N–H and O–H groups in total. The van der Waals surface area contributed by atoms with Crippen molar-refractivity contribution >= 4 is 11.0 Å². The van der Waals surface area contributed by atoms with Crippen molar-refractivity contribution in [3.63, 3.8) is 0 Å². The van der Waals surface area contributed by atoms with Gasteiger partial charge in [-0.15, -0.1) is 0 Å². The number of morpholine rings is 1. The molecule has 1 atom stereocenters. The monoisotopic (exact) mass is 231 g/mol. The Morgan fingerprint density at radius 2 is 2.35 bits per heavy atom. The van der Waals surface area contributed by atoms with E-state index in [0.717, 1.165) is 36.3 Å². The molecule has 0 saturated carbocycles. The summed E-state index contributed by atoms with van der Waals surface area (Å²) in [6, 6.07) is 5.80. The van der Waals surface area contributed by atoms with Crippen LogP contribution >= 0.6 is 0 Å². The summed E-state index contributed by atoms with van der Waals surface area (Å²) in [5.74, 6) is 0. The Kier molecular flexibility index (Phi) is 2.62. The van der Waals surface area contributed by atoms with Gasteiger partial charge in [0, 0.05) is 13.1 Å². The quantitative estimate of drug-likeness (QED) is 0.753. The van der Waals surface area contributed by atoms with E-state index < -0.39 is 0 Å². The zero-order valence-electron chi connectivity index (χ0n) is 9.27. The molecule has 0 spiro atoms. The second-order valence-corrected chi connectivity index (χ2v) is 4.09. The number of benzene rings is 1. The third kappa shape index (κ3) is 2.07. The number of fused-ring (bicyclic) bond motifs is 1. The Morgan fingerprint density at radius 3 is 3.18 bits per heavy atom. The van der Waals surface area contributed by atoms with Crippen molar-refractivity contribution in [3.05, 3.63) is 40.3 Å². The van der Waals surface area contributed by atoms with Crippen molar-refractivity contribution in [3.8, 4) is 0 Å². The molecule has 88 valence electrons. The van der Waals surface area contributed by atoms with Crippen molar-refractivity contribution in [1.29, 1.82) is 0 Å². The molecule has 1 saturated heterocycles. The van der Waals surface area contributed by atoms with E-state index in [1.54, 1.807) is 0 Å². The molecule has 1 fully saturated rings. The number of hydrogen-bond donors (Lipinski definition) is 2. The molecule has 1 aromatic heterocycles. The molecular formula is C12H13N3O2. The third-order valence-corrected chi connectivity index (χ3v) is 2.90. The fourth-order valence-corrected chi connectivity index (χ4v) is 2.03. The normalized spacial score (nSPS) is 20.6. The lowest BCUT2D eigenvalue weighted by Gasteiger charge is -2.24. The van der Waals surface area contributed by atoms with Crippen molar-refractivity contribution in [2.45, 2.75) is 6.10 Å². The first kappa shape index (κ1) is 10.4. The lowest BCUT2D eigenvalue weighted by Crippen LogP contribution is -2.33. The van der Waals surface area contributed by atoms with Gasteiger partial charge in [-0.2, -0.15) is 0 Å². The Bertz CT molecular complexity index is 588. The van der Waals surface area contributed by atoms with Crippen LogP contribution in [-0.2, 0) is 4.74 Å². The zero-order valence-corrected chi connectivity index (χ0v) is 9.27. The standard InChI is InChI=1S/C12H13N3O2/c16-12-7-14-10-5-8(1-2-9(10)15-12)11-6-13-3-4-17-11/h1-2,5,7,11,13H,3-4,6H2,(H,15,16). The van der Waals surface area contributed by atoms with Crippen molar-refractivity contribution in [2.75, 3.05) is 19.7 Å². The minimum absolute atomic E-state index is 0.0712. The topological polar surface area (TPSA) is 67.0 Å². The van der Waals surface area contributed by atoms with E-state index in [9.17, 15) is 4.79 Å². The summed E-state index contributed by atoms with van der Waals surface area (Å²) in [5.41, 5.74) is 2.45. The smallest absolute Gasteiger partial charge is 0.266 e. The number of aromatic nitrogens is 2. The fourth-order valence-electron chi connectivity index (χ4n) is 2.03. The molecule has 0 radical (unpaired) electrons. The summed E-state index contributed by atoms with van der Waals surface area (Å²) in [6.07, 6.45) is 1.37. The van der Waals surface area contributed by atoms with E-state index in [0.29, 0.717) is 0 Å². The summed E-state index contributed by atoms with van der Waals surface area (Å²) in [4.78, 5) is 18.0. The first-order valence-electron chi connectivity index (χ1n) is 5.64. The van der Waals surface area contributed by atoms with E-state index in [-0.39, 0.29) is 11.7 Å². The molecule has 2 heterocycles. The molecule has 0 amide bonds. The average molecular weight is 231 g/mol. The largest absolute Gasteiger partial charge is 0.371 e. The molecule has 5 nitrogen and oxygen atoms in total. The summed E-state index contributed by atoms with van der Waals surface area (Å²) in [5, 5.41) is 3.29. The van der Waals surface area contributed by atoms with E-state index >= 15 is 0 Å². The molecule has 2 aromatic rings. The van der Waals surface area contributed by atoms with E-state index in [1.165, 1.54) is 6.20 Å². The van der Waals surface area contributed by atoms with Crippen LogP contribution in [0.4, 0.5) is 0 Å². The molecule has 0 aliphatic carbocycles. The van der Waals surface area contributed by atoms with Gasteiger partial charge in [0.2, 0.25) is 0 Å². The molecule has 1 aliphatic rings. The van der Waals surface area contributed by atoms with Gasteiger partial charge in [-0.05, 0) is 17.7 Å². The van der Waals surface area contributed by atoms with Gasteiger partial charge in [-0.3, -0.25) is 4.79 Å².